The van der Waals surface area contributed by atoms with E-state index in [0.29, 0.717) is 16.0 Å². The van der Waals surface area contributed by atoms with Gasteiger partial charge in [0, 0.05) is 17.6 Å². The molecule has 0 aliphatic carbocycles. The van der Waals surface area contributed by atoms with Crippen LogP contribution in [0.2, 0.25) is 0 Å². The lowest BCUT2D eigenvalue weighted by molar-refractivity contribution is 0.580. The number of hydrogen-bond donors (Lipinski definition) is 2. The van der Waals surface area contributed by atoms with Crippen molar-refractivity contribution in [2.24, 2.45) is 0 Å². The fraction of sp³-hybridized carbons (Fsp3) is 0.333. The Bertz CT molecular complexity index is 713. The summed E-state index contributed by atoms with van der Waals surface area (Å²) in [7, 11) is -1.76. The predicted molar refractivity (Wildman–Crippen MR) is 85.6 cm³/mol. The van der Waals surface area contributed by atoms with Crippen molar-refractivity contribution in [2.45, 2.75) is 24.9 Å². The molecule has 2 aromatic rings. The van der Waals surface area contributed by atoms with Crippen molar-refractivity contribution in [1.82, 2.24) is 20.0 Å². The van der Waals surface area contributed by atoms with Gasteiger partial charge in [0.2, 0.25) is 10.0 Å². The first kappa shape index (κ1) is 16.5. The Hall–Kier alpha value is -0.870. The molecule has 0 atom stereocenters. The smallest absolute Gasteiger partial charge is 0.242 e. The summed E-state index contributed by atoms with van der Waals surface area (Å²) in [5.41, 5.74) is 1.37. The van der Waals surface area contributed by atoms with Gasteiger partial charge in [0.05, 0.1) is 27.9 Å². The second kappa shape index (κ2) is 6.93. The van der Waals surface area contributed by atoms with Gasteiger partial charge in [-0.05, 0) is 36.0 Å². The first-order chi connectivity index (χ1) is 9.92. The average molecular weight is 391 g/mol. The van der Waals surface area contributed by atoms with Crippen LogP contribution in [0.3, 0.4) is 0 Å². The molecule has 2 N–H and O–H groups in total. The molecule has 0 aliphatic heterocycles. The van der Waals surface area contributed by atoms with Crippen molar-refractivity contribution in [3.05, 3.63) is 38.5 Å². The molecule has 0 aliphatic rings. The van der Waals surface area contributed by atoms with Gasteiger partial charge in [0.25, 0.3) is 0 Å². The van der Waals surface area contributed by atoms with E-state index >= 15 is 0 Å². The third-order valence-electron chi connectivity index (χ3n) is 2.62. The van der Waals surface area contributed by atoms with Crippen LogP contribution in [0.5, 0.6) is 0 Å². The molecule has 0 unspecified atom stereocenters. The van der Waals surface area contributed by atoms with Crippen molar-refractivity contribution in [3.8, 4) is 0 Å². The molecule has 0 bridgehead atoms. The van der Waals surface area contributed by atoms with E-state index in [1.54, 1.807) is 18.5 Å². The Morgan fingerprint density at radius 2 is 2.05 bits per heavy atom. The van der Waals surface area contributed by atoms with Gasteiger partial charge in [-0.2, -0.15) is 0 Å². The highest BCUT2D eigenvalue weighted by Gasteiger charge is 2.20. The zero-order valence-electron chi connectivity index (χ0n) is 11.6. The van der Waals surface area contributed by atoms with E-state index in [-0.39, 0.29) is 11.4 Å². The fourth-order valence-corrected chi connectivity index (χ4v) is 5.29. The molecule has 0 saturated heterocycles. The van der Waals surface area contributed by atoms with Gasteiger partial charge in [0.1, 0.15) is 4.90 Å². The molecule has 114 valence electrons. The van der Waals surface area contributed by atoms with Gasteiger partial charge in [-0.3, -0.25) is 9.97 Å². The number of hydrogen-bond acceptors (Lipinski definition) is 6. The lowest BCUT2D eigenvalue weighted by atomic mass is 10.4. The Balaban J connectivity index is 2.12. The van der Waals surface area contributed by atoms with Crippen molar-refractivity contribution in [1.29, 1.82) is 0 Å². The van der Waals surface area contributed by atoms with Crippen LogP contribution in [-0.4, -0.2) is 25.4 Å². The van der Waals surface area contributed by atoms with E-state index in [1.807, 2.05) is 14.0 Å². The molecule has 9 heteroatoms. The zero-order valence-corrected chi connectivity index (χ0v) is 14.8. The number of nitrogens with zero attached hydrogens (tertiary/aromatic N) is 2. The highest BCUT2D eigenvalue weighted by Crippen LogP contribution is 2.31. The van der Waals surface area contributed by atoms with Gasteiger partial charge in [-0.15, -0.1) is 11.3 Å². The molecule has 2 aromatic heterocycles. The van der Waals surface area contributed by atoms with E-state index < -0.39 is 10.0 Å². The van der Waals surface area contributed by atoms with Crippen molar-refractivity contribution in [3.63, 3.8) is 0 Å². The number of halogens is 1. The van der Waals surface area contributed by atoms with Gasteiger partial charge in [-0.25, -0.2) is 13.1 Å². The Labute approximate surface area is 136 Å². The van der Waals surface area contributed by atoms with Gasteiger partial charge in [-0.1, -0.05) is 0 Å². The number of thiophene rings is 1. The van der Waals surface area contributed by atoms with Crippen molar-refractivity contribution in [2.75, 3.05) is 7.05 Å². The molecule has 0 radical (unpaired) electrons. The highest BCUT2D eigenvalue weighted by molar-refractivity contribution is 9.11. The van der Waals surface area contributed by atoms with Crippen LogP contribution in [0.15, 0.2) is 27.1 Å². The van der Waals surface area contributed by atoms with E-state index in [2.05, 4.69) is 35.9 Å². The first-order valence-corrected chi connectivity index (χ1v) is 9.21. The number of aromatic nitrogens is 2. The van der Waals surface area contributed by atoms with Crippen molar-refractivity contribution < 1.29 is 8.42 Å². The zero-order chi connectivity index (χ0) is 15.5. The van der Waals surface area contributed by atoms with Crippen LogP contribution in [0, 0.1) is 6.92 Å². The Morgan fingerprint density at radius 3 is 2.67 bits per heavy atom. The Kier molecular flexibility index (Phi) is 5.44. The topological polar surface area (TPSA) is 84.0 Å². The SMILES string of the molecule is CNCc1cc(S(=O)(=O)NCc2cnc(C)cn2)c(Br)s1. The normalized spacial score (nSPS) is 11.8. The first-order valence-electron chi connectivity index (χ1n) is 6.12. The van der Waals surface area contributed by atoms with Gasteiger partial charge < -0.3 is 5.32 Å². The molecule has 2 rings (SSSR count). The fourth-order valence-electron chi connectivity index (χ4n) is 1.60. The van der Waals surface area contributed by atoms with E-state index in [0.717, 1.165) is 10.6 Å². The quantitative estimate of drug-likeness (QED) is 0.785. The maximum absolute atomic E-state index is 12.3. The third kappa shape index (κ3) is 4.30. The van der Waals surface area contributed by atoms with E-state index in [4.69, 9.17) is 0 Å². The molecule has 0 aromatic carbocycles. The summed E-state index contributed by atoms with van der Waals surface area (Å²) in [6.07, 6.45) is 3.17. The lowest BCUT2D eigenvalue weighted by Gasteiger charge is -2.05. The molecule has 2 heterocycles. The second-order valence-corrected chi connectivity index (χ2v) is 8.54. The summed E-state index contributed by atoms with van der Waals surface area (Å²) >= 11 is 4.70. The third-order valence-corrected chi connectivity index (χ3v) is 6.28. The average Bonchev–Trinajstić information content (AvgIpc) is 2.80. The number of aryl methyl sites for hydroxylation is 1. The van der Waals surface area contributed by atoms with Crippen LogP contribution >= 0.6 is 27.3 Å². The standard InChI is InChI=1S/C12H15BrN4O2S2/c1-8-4-16-9(5-15-8)6-17-21(18,19)11-3-10(7-14-2)20-12(11)13/h3-5,14,17H,6-7H2,1-2H3. The van der Waals surface area contributed by atoms with Crippen LogP contribution in [-0.2, 0) is 23.1 Å². The number of sulfonamides is 1. The summed E-state index contributed by atoms with van der Waals surface area (Å²) in [5, 5.41) is 3.00. The number of nitrogens with one attached hydrogen (secondary N) is 2. The molecular formula is C12H15BrN4O2S2. The highest BCUT2D eigenvalue weighted by atomic mass is 79.9. The lowest BCUT2D eigenvalue weighted by Crippen LogP contribution is -2.23. The minimum atomic E-state index is -3.58. The van der Waals surface area contributed by atoms with Gasteiger partial charge in [0.15, 0.2) is 0 Å². The maximum atomic E-state index is 12.3. The predicted octanol–water partition coefficient (Wildman–Crippen LogP) is 1.81. The summed E-state index contributed by atoms with van der Waals surface area (Å²) in [4.78, 5) is 9.40. The Morgan fingerprint density at radius 1 is 1.29 bits per heavy atom. The molecule has 6 nitrogen and oxygen atoms in total. The molecule has 0 spiro atoms. The maximum Gasteiger partial charge on any atom is 0.242 e. The monoisotopic (exact) mass is 390 g/mol. The minimum Gasteiger partial charge on any atom is -0.315 e. The molecule has 0 amide bonds. The minimum absolute atomic E-state index is 0.110. The molecular weight excluding hydrogens is 376 g/mol. The van der Waals surface area contributed by atoms with Crippen LogP contribution in [0.1, 0.15) is 16.3 Å². The second-order valence-electron chi connectivity index (χ2n) is 4.35. The molecule has 0 fully saturated rings. The molecule has 0 saturated carbocycles. The van der Waals surface area contributed by atoms with E-state index in [9.17, 15) is 8.42 Å². The number of rotatable bonds is 6. The van der Waals surface area contributed by atoms with Crippen LogP contribution < -0.4 is 10.0 Å². The van der Waals surface area contributed by atoms with E-state index in [1.165, 1.54) is 11.3 Å². The summed E-state index contributed by atoms with van der Waals surface area (Å²) < 4.78 is 27.7. The van der Waals surface area contributed by atoms with Crippen LogP contribution in [0.4, 0.5) is 0 Å². The summed E-state index contributed by atoms with van der Waals surface area (Å²) in [6, 6.07) is 1.66. The largest absolute Gasteiger partial charge is 0.315 e. The van der Waals surface area contributed by atoms with Gasteiger partial charge >= 0.3 is 0 Å². The summed E-state index contributed by atoms with van der Waals surface area (Å²) in [5.74, 6) is 0. The van der Waals surface area contributed by atoms with Crippen LogP contribution in [0.25, 0.3) is 0 Å². The van der Waals surface area contributed by atoms with Crippen molar-refractivity contribution >= 4 is 37.3 Å². The summed E-state index contributed by atoms with van der Waals surface area (Å²) in [6.45, 7) is 2.56. The molecule has 21 heavy (non-hydrogen) atoms.